The number of pyridine rings is 1. The van der Waals surface area contributed by atoms with Gasteiger partial charge in [0.2, 0.25) is 11.8 Å². The number of anilines is 1. The van der Waals surface area contributed by atoms with Crippen LogP contribution in [0.5, 0.6) is 0 Å². The van der Waals surface area contributed by atoms with Crippen molar-refractivity contribution in [2.45, 2.75) is 43.0 Å². The molecule has 0 spiro atoms. The predicted molar refractivity (Wildman–Crippen MR) is 93.5 cm³/mol. The maximum atomic E-state index is 12.4. The predicted octanol–water partition coefficient (Wildman–Crippen LogP) is 0.285. The molecule has 0 aromatic carbocycles. The van der Waals surface area contributed by atoms with Crippen LogP contribution in [0.4, 0.5) is 5.82 Å². The third-order valence-electron chi connectivity index (χ3n) is 4.29. The summed E-state index contributed by atoms with van der Waals surface area (Å²) in [5.74, 6) is -1.90. The molecule has 3 heterocycles. The Kier molecular flexibility index (Phi) is 4.39. The normalized spacial score (nSPS) is 25.9. The van der Waals surface area contributed by atoms with Gasteiger partial charge in [0.15, 0.2) is 0 Å². The summed E-state index contributed by atoms with van der Waals surface area (Å²) in [6.45, 7) is 4.89. The van der Waals surface area contributed by atoms with Gasteiger partial charge in [0, 0.05) is 17.9 Å². The monoisotopic (exact) mass is 378 g/mol. The van der Waals surface area contributed by atoms with Gasteiger partial charge >= 0.3 is 5.97 Å². The summed E-state index contributed by atoms with van der Waals surface area (Å²) in [5, 5.41) is 14.1. The van der Waals surface area contributed by atoms with Crippen molar-refractivity contribution in [2.24, 2.45) is 0 Å². The lowest BCUT2D eigenvalue weighted by atomic mass is 9.96. The molecule has 2 aliphatic heterocycles. The third kappa shape index (κ3) is 3.00. The van der Waals surface area contributed by atoms with E-state index >= 15 is 0 Å². The first-order chi connectivity index (χ1) is 12.1. The number of aliphatic carboxylic acids is 1. The van der Waals surface area contributed by atoms with Crippen LogP contribution in [0.1, 0.15) is 31.1 Å². The summed E-state index contributed by atoms with van der Waals surface area (Å²) in [4.78, 5) is 52.5. The summed E-state index contributed by atoms with van der Waals surface area (Å²) in [6, 6.07) is 1.28. The van der Waals surface area contributed by atoms with Crippen molar-refractivity contribution in [1.82, 2.24) is 15.2 Å². The standard InChI is InChI=1S/C16H18N4O5S/c1-7(21)18-9-5-4-8(6-17-9)12(22)19-10-13(23)20-11(15(24)25)16(2,3)26-14(10)20/h4-6,10-11,14H,1-3H3,(H,19,22)(H,24,25)(H,17,18,21)/t10-,11?,14-/m1/s1. The molecule has 2 aliphatic rings. The molecule has 26 heavy (non-hydrogen) atoms. The molecule has 0 radical (unpaired) electrons. The Hall–Kier alpha value is -2.62. The van der Waals surface area contributed by atoms with E-state index in [0.717, 1.165) is 0 Å². The van der Waals surface area contributed by atoms with Crippen molar-refractivity contribution >= 4 is 41.3 Å². The Labute approximate surface area is 153 Å². The van der Waals surface area contributed by atoms with Gasteiger partial charge in [-0.1, -0.05) is 0 Å². The average molecular weight is 378 g/mol. The maximum Gasteiger partial charge on any atom is 0.327 e. The van der Waals surface area contributed by atoms with Gasteiger partial charge in [-0.05, 0) is 26.0 Å². The van der Waals surface area contributed by atoms with E-state index in [-0.39, 0.29) is 11.5 Å². The van der Waals surface area contributed by atoms with Crippen molar-refractivity contribution in [3.63, 3.8) is 0 Å². The van der Waals surface area contributed by atoms with E-state index in [2.05, 4.69) is 15.6 Å². The van der Waals surface area contributed by atoms with E-state index in [1.54, 1.807) is 13.8 Å². The van der Waals surface area contributed by atoms with E-state index in [1.807, 2.05) is 0 Å². The number of rotatable bonds is 4. The van der Waals surface area contributed by atoms with Gasteiger partial charge in [-0.3, -0.25) is 14.4 Å². The molecule has 0 saturated carbocycles. The second-order valence-corrected chi connectivity index (χ2v) is 8.43. The van der Waals surface area contributed by atoms with E-state index in [4.69, 9.17) is 0 Å². The number of carboxylic acid groups (broad SMARTS) is 1. The zero-order valence-electron chi connectivity index (χ0n) is 14.3. The van der Waals surface area contributed by atoms with E-state index < -0.39 is 40.0 Å². The van der Waals surface area contributed by atoms with Gasteiger partial charge in [-0.25, -0.2) is 9.78 Å². The fourth-order valence-electron chi connectivity index (χ4n) is 3.15. The van der Waals surface area contributed by atoms with Crippen molar-refractivity contribution in [2.75, 3.05) is 5.32 Å². The van der Waals surface area contributed by atoms with E-state index in [9.17, 15) is 24.3 Å². The second kappa shape index (κ2) is 6.27. The molecule has 3 atom stereocenters. The van der Waals surface area contributed by atoms with Crippen molar-refractivity contribution in [1.29, 1.82) is 0 Å². The fourth-order valence-corrected chi connectivity index (χ4v) is 4.78. The quantitative estimate of drug-likeness (QED) is 0.642. The molecule has 0 aliphatic carbocycles. The molecule has 2 fully saturated rings. The van der Waals surface area contributed by atoms with Crippen molar-refractivity contribution < 1.29 is 24.3 Å². The lowest BCUT2D eigenvalue weighted by Crippen LogP contribution is -2.70. The molecule has 2 saturated heterocycles. The molecular weight excluding hydrogens is 360 g/mol. The van der Waals surface area contributed by atoms with Crippen LogP contribution in [0.3, 0.4) is 0 Å². The van der Waals surface area contributed by atoms with Gasteiger partial charge in [0.05, 0.1) is 5.56 Å². The maximum absolute atomic E-state index is 12.4. The number of hydrogen-bond donors (Lipinski definition) is 3. The molecule has 3 amide bonds. The van der Waals surface area contributed by atoms with Crippen LogP contribution in [0.2, 0.25) is 0 Å². The molecule has 1 unspecified atom stereocenters. The molecule has 9 nitrogen and oxygen atoms in total. The van der Waals surface area contributed by atoms with Crippen LogP contribution >= 0.6 is 11.8 Å². The highest BCUT2D eigenvalue weighted by molar-refractivity contribution is 8.01. The highest BCUT2D eigenvalue weighted by Crippen LogP contribution is 2.50. The highest BCUT2D eigenvalue weighted by atomic mass is 32.2. The molecule has 3 N–H and O–H groups in total. The number of nitrogens with one attached hydrogen (secondary N) is 2. The zero-order valence-corrected chi connectivity index (χ0v) is 15.2. The molecule has 138 valence electrons. The minimum atomic E-state index is -1.05. The molecule has 1 aromatic heterocycles. The Morgan fingerprint density at radius 2 is 2.00 bits per heavy atom. The number of carbonyl (C=O) groups is 4. The number of carboxylic acids is 1. The molecule has 3 rings (SSSR count). The fraction of sp³-hybridized carbons (Fsp3) is 0.438. The Bertz CT molecular complexity index is 794. The number of β-lactam (4-membered cyclic amide) rings is 1. The molecule has 1 aromatic rings. The van der Waals surface area contributed by atoms with Crippen molar-refractivity contribution in [3.05, 3.63) is 23.9 Å². The van der Waals surface area contributed by atoms with Crippen molar-refractivity contribution in [3.8, 4) is 0 Å². The topological polar surface area (TPSA) is 129 Å². The van der Waals surface area contributed by atoms with Gasteiger partial charge in [0.1, 0.15) is 23.3 Å². The van der Waals surface area contributed by atoms with Crippen LogP contribution in [0, 0.1) is 0 Å². The Balaban J connectivity index is 1.69. The van der Waals surface area contributed by atoms with Gasteiger partial charge in [-0.15, -0.1) is 11.8 Å². The lowest BCUT2D eigenvalue weighted by Gasteiger charge is -2.43. The number of thioether (sulfide) groups is 1. The third-order valence-corrected chi connectivity index (χ3v) is 5.86. The van der Waals surface area contributed by atoms with Gasteiger partial charge in [0.25, 0.3) is 5.91 Å². The first-order valence-electron chi connectivity index (χ1n) is 7.89. The average Bonchev–Trinajstić information content (AvgIpc) is 2.81. The molecule has 0 bridgehead atoms. The first kappa shape index (κ1) is 18.2. The summed E-state index contributed by atoms with van der Waals surface area (Å²) in [6.07, 6.45) is 1.30. The molecular formula is C16H18N4O5S. The van der Waals surface area contributed by atoms with Crippen LogP contribution < -0.4 is 10.6 Å². The van der Waals surface area contributed by atoms with Gasteiger partial charge in [-0.2, -0.15) is 0 Å². The number of hydrogen-bond acceptors (Lipinski definition) is 6. The van der Waals surface area contributed by atoms with Crippen LogP contribution in [-0.4, -0.2) is 60.9 Å². The highest BCUT2D eigenvalue weighted by Gasteiger charge is 2.64. The van der Waals surface area contributed by atoms with Gasteiger partial charge < -0.3 is 20.6 Å². The SMILES string of the molecule is CC(=O)Nc1ccc(C(=O)N[C@@H]2C(=O)N3C(C(=O)O)C(C)(C)S[C@H]23)cn1. The Morgan fingerprint density at radius 3 is 2.54 bits per heavy atom. The lowest BCUT2D eigenvalue weighted by molar-refractivity contribution is -0.159. The number of aromatic nitrogens is 1. The summed E-state index contributed by atoms with van der Waals surface area (Å²) < 4.78 is -0.646. The second-order valence-electron chi connectivity index (χ2n) is 6.66. The van der Waals surface area contributed by atoms with E-state index in [0.29, 0.717) is 5.82 Å². The number of nitrogens with zero attached hydrogens (tertiary/aromatic N) is 2. The minimum Gasteiger partial charge on any atom is -0.480 e. The summed E-state index contributed by atoms with van der Waals surface area (Å²) >= 11 is 1.36. The molecule has 10 heteroatoms. The summed E-state index contributed by atoms with van der Waals surface area (Å²) in [5.41, 5.74) is 0.238. The number of amides is 3. The largest absolute Gasteiger partial charge is 0.480 e. The van der Waals surface area contributed by atoms with E-state index in [1.165, 1.54) is 41.9 Å². The zero-order chi connectivity index (χ0) is 19.2. The number of carbonyl (C=O) groups excluding carboxylic acids is 3. The summed E-state index contributed by atoms with van der Waals surface area (Å²) in [7, 11) is 0. The number of fused-ring (bicyclic) bond motifs is 1. The van der Waals surface area contributed by atoms with Crippen LogP contribution in [0.15, 0.2) is 18.3 Å². The minimum absolute atomic E-state index is 0.238. The first-order valence-corrected chi connectivity index (χ1v) is 8.77. The smallest absolute Gasteiger partial charge is 0.327 e. The van der Waals surface area contributed by atoms with Crippen LogP contribution in [-0.2, 0) is 14.4 Å². The Morgan fingerprint density at radius 1 is 1.31 bits per heavy atom. The van der Waals surface area contributed by atoms with Crippen LogP contribution in [0.25, 0.3) is 0 Å².